The molecule has 1 aliphatic rings. The smallest absolute Gasteiger partial charge is 0.320 e. The van der Waals surface area contributed by atoms with Gasteiger partial charge in [-0.1, -0.05) is 34.1 Å². The molecule has 0 spiro atoms. The van der Waals surface area contributed by atoms with Crippen LogP contribution in [0.2, 0.25) is 0 Å². The van der Waals surface area contributed by atoms with Gasteiger partial charge in [0, 0.05) is 37.1 Å². The number of benzene rings is 1. The van der Waals surface area contributed by atoms with Gasteiger partial charge in [-0.15, -0.1) is 0 Å². The van der Waals surface area contributed by atoms with Crippen molar-refractivity contribution in [3.63, 3.8) is 0 Å². The Labute approximate surface area is 152 Å². The van der Waals surface area contributed by atoms with Gasteiger partial charge < -0.3 is 9.64 Å². The fourth-order valence-corrected chi connectivity index (χ4v) is 3.35. The van der Waals surface area contributed by atoms with Crippen LogP contribution in [0.4, 0.5) is 0 Å². The molecule has 1 heterocycles. The van der Waals surface area contributed by atoms with Crippen LogP contribution in [-0.2, 0) is 20.7 Å². The normalized spacial score (nSPS) is 15.8. The number of ether oxygens (including phenoxy) is 1. The fraction of sp³-hybridized carbons (Fsp3) is 0.556. The molecule has 0 radical (unpaired) electrons. The first-order chi connectivity index (χ1) is 11.6. The molecule has 1 aromatic carbocycles. The van der Waals surface area contributed by atoms with Gasteiger partial charge in [-0.2, -0.15) is 0 Å². The lowest BCUT2D eigenvalue weighted by atomic mass is 10.1. The summed E-state index contributed by atoms with van der Waals surface area (Å²) in [6, 6.07) is 8.01. The Morgan fingerprint density at radius 1 is 1.17 bits per heavy atom. The summed E-state index contributed by atoms with van der Waals surface area (Å²) in [6.07, 6.45) is 2.14. The van der Waals surface area contributed by atoms with Crippen molar-refractivity contribution in [2.75, 3.05) is 39.3 Å². The maximum atomic E-state index is 12.5. The first-order valence-electron chi connectivity index (χ1n) is 8.49. The quantitative estimate of drug-likeness (QED) is 0.693. The van der Waals surface area contributed by atoms with E-state index < -0.39 is 0 Å². The van der Waals surface area contributed by atoms with Crippen molar-refractivity contribution >= 4 is 27.8 Å². The minimum Gasteiger partial charge on any atom is -0.465 e. The molecule has 0 aromatic heterocycles. The van der Waals surface area contributed by atoms with Gasteiger partial charge in [0.2, 0.25) is 5.91 Å². The van der Waals surface area contributed by atoms with Crippen LogP contribution >= 0.6 is 15.9 Å². The van der Waals surface area contributed by atoms with E-state index in [4.69, 9.17) is 4.74 Å². The first-order valence-corrected chi connectivity index (χ1v) is 9.28. The summed E-state index contributed by atoms with van der Waals surface area (Å²) in [5, 5.41) is 0. The monoisotopic (exact) mass is 396 g/mol. The maximum Gasteiger partial charge on any atom is 0.320 e. The SMILES string of the molecule is CCOC(=O)CN1CCCN(C(=O)CCc2ccccc2Br)CC1. The average Bonchev–Trinajstić information content (AvgIpc) is 2.80. The van der Waals surface area contributed by atoms with E-state index >= 15 is 0 Å². The fourth-order valence-electron chi connectivity index (χ4n) is 2.87. The third-order valence-electron chi connectivity index (χ3n) is 4.17. The molecule has 5 nitrogen and oxygen atoms in total. The molecule has 0 atom stereocenters. The Hall–Kier alpha value is -1.40. The molecule has 0 unspecified atom stereocenters. The Kier molecular flexibility index (Phi) is 7.72. The lowest BCUT2D eigenvalue weighted by Gasteiger charge is -2.21. The van der Waals surface area contributed by atoms with Crippen molar-refractivity contribution in [1.29, 1.82) is 0 Å². The standard InChI is InChI=1S/C18H25BrN2O3/c1-2-24-18(23)14-20-10-5-11-21(13-12-20)17(22)9-8-15-6-3-4-7-16(15)19/h3-4,6-7H,2,5,8-14H2,1H3. The van der Waals surface area contributed by atoms with E-state index in [0.717, 1.165) is 42.5 Å². The average molecular weight is 397 g/mol. The number of halogens is 1. The largest absolute Gasteiger partial charge is 0.465 e. The van der Waals surface area contributed by atoms with Crippen LogP contribution in [0.1, 0.15) is 25.3 Å². The number of hydrogen-bond donors (Lipinski definition) is 0. The van der Waals surface area contributed by atoms with Gasteiger partial charge in [0.05, 0.1) is 13.2 Å². The zero-order valence-electron chi connectivity index (χ0n) is 14.2. The summed E-state index contributed by atoms with van der Waals surface area (Å²) in [4.78, 5) is 28.0. The molecule has 1 aliphatic heterocycles. The van der Waals surface area contributed by atoms with E-state index in [0.29, 0.717) is 26.1 Å². The highest BCUT2D eigenvalue weighted by Crippen LogP contribution is 2.18. The van der Waals surface area contributed by atoms with Crippen LogP contribution in [0.5, 0.6) is 0 Å². The van der Waals surface area contributed by atoms with Crippen molar-refractivity contribution in [2.24, 2.45) is 0 Å². The number of nitrogens with zero attached hydrogens (tertiary/aromatic N) is 2. The molecule has 24 heavy (non-hydrogen) atoms. The van der Waals surface area contributed by atoms with Crippen LogP contribution in [0, 0.1) is 0 Å². The zero-order chi connectivity index (χ0) is 17.4. The van der Waals surface area contributed by atoms with Crippen LogP contribution in [0.25, 0.3) is 0 Å². The van der Waals surface area contributed by atoms with Gasteiger partial charge in [-0.3, -0.25) is 14.5 Å². The topological polar surface area (TPSA) is 49.9 Å². The third kappa shape index (κ3) is 5.91. The summed E-state index contributed by atoms with van der Waals surface area (Å²) in [7, 11) is 0. The molecule has 0 aliphatic carbocycles. The molecular formula is C18H25BrN2O3. The molecule has 1 aromatic rings. The molecule has 0 saturated carbocycles. The summed E-state index contributed by atoms with van der Waals surface area (Å²) >= 11 is 3.52. The van der Waals surface area contributed by atoms with Gasteiger partial charge in [-0.25, -0.2) is 0 Å². The van der Waals surface area contributed by atoms with Crippen LogP contribution < -0.4 is 0 Å². The molecular weight excluding hydrogens is 372 g/mol. The van der Waals surface area contributed by atoms with E-state index in [1.165, 1.54) is 0 Å². The maximum absolute atomic E-state index is 12.5. The molecule has 2 rings (SSSR count). The highest BCUT2D eigenvalue weighted by atomic mass is 79.9. The Morgan fingerprint density at radius 3 is 2.71 bits per heavy atom. The molecule has 1 saturated heterocycles. The highest BCUT2D eigenvalue weighted by Gasteiger charge is 2.20. The summed E-state index contributed by atoms with van der Waals surface area (Å²) in [5.41, 5.74) is 1.16. The number of amides is 1. The lowest BCUT2D eigenvalue weighted by Crippen LogP contribution is -2.37. The molecule has 0 N–H and O–H groups in total. The van der Waals surface area contributed by atoms with Crippen LogP contribution in [-0.4, -0.2) is 61.0 Å². The summed E-state index contributed by atoms with van der Waals surface area (Å²) < 4.78 is 6.04. The molecule has 6 heteroatoms. The summed E-state index contributed by atoms with van der Waals surface area (Å²) in [5.74, 6) is -0.00468. The highest BCUT2D eigenvalue weighted by molar-refractivity contribution is 9.10. The number of aryl methyl sites for hydroxylation is 1. The van der Waals surface area contributed by atoms with Gasteiger partial charge in [0.15, 0.2) is 0 Å². The zero-order valence-corrected chi connectivity index (χ0v) is 15.8. The predicted molar refractivity (Wildman–Crippen MR) is 96.7 cm³/mol. The third-order valence-corrected chi connectivity index (χ3v) is 4.94. The minimum absolute atomic E-state index is 0.184. The molecule has 1 fully saturated rings. The van der Waals surface area contributed by atoms with E-state index in [1.807, 2.05) is 36.1 Å². The molecule has 1 amide bonds. The predicted octanol–water partition coefficient (Wildman–Crippen LogP) is 2.48. The lowest BCUT2D eigenvalue weighted by molar-refractivity contribution is -0.144. The van der Waals surface area contributed by atoms with Gasteiger partial charge in [-0.05, 0) is 31.4 Å². The van der Waals surface area contributed by atoms with Crippen LogP contribution in [0.3, 0.4) is 0 Å². The Bertz CT molecular complexity index is 565. The number of carbonyl (C=O) groups is 2. The van der Waals surface area contributed by atoms with E-state index in [9.17, 15) is 9.59 Å². The number of carbonyl (C=O) groups excluding carboxylic acids is 2. The van der Waals surface area contributed by atoms with Crippen molar-refractivity contribution in [3.8, 4) is 0 Å². The minimum atomic E-state index is -0.189. The van der Waals surface area contributed by atoms with Crippen LogP contribution in [0.15, 0.2) is 28.7 Å². The number of rotatable bonds is 6. The molecule has 0 bridgehead atoms. The Morgan fingerprint density at radius 2 is 1.96 bits per heavy atom. The van der Waals surface area contributed by atoms with Gasteiger partial charge in [0.25, 0.3) is 0 Å². The second-order valence-corrected chi connectivity index (χ2v) is 6.76. The van der Waals surface area contributed by atoms with E-state index in [-0.39, 0.29) is 11.9 Å². The summed E-state index contributed by atoms with van der Waals surface area (Å²) in [6.45, 7) is 5.51. The van der Waals surface area contributed by atoms with Gasteiger partial charge in [0.1, 0.15) is 0 Å². The van der Waals surface area contributed by atoms with Crippen molar-refractivity contribution in [2.45, 2.75) is 26.2 Å². The van der Waals surface area contributed by atoms with Crippen molar-refractivity contribution < 1.29 is 14.3 Å². The van der Waals surface area contributed by atoms with Crippen molar-refractivity contribution in [1.82, 2.24) is 9.80 Å². The Balaban J connectivity index is 1.79. The van der Waals surface area contributed by atoms with Gasteiger partial charge >= 0.3 is 5.97 Å². The first kappa shape index (κ1) is 18.9. The second-order valence-electron chi connectivity index (χ2n) is 5.91. The van der Waals surface area contributed by atoms with Crippen molar-refractivity contribution in [3.05, 3.63) is 34.3 Å². The second kappa shape index (κ2) is 9.79. The number of hydrogen-bond acceptors (Lipinski definition) is 4. The van der Waals surface area contributed by atoms with E-state index in [1.54, 1.807) is 0 Å². The number of esters is 1. The molecule has 132 valence electrons. The van der Waals surface area contributed by atoms with E-state index in [2.05, 4.69) is 20.8 Å².